The Labute approximate surface area is 225 Å². The number of carbonyl (C=O) groups is 2. The first kappa shape index (κ1) is 27.8. The maximum absolute atomic E-state index is 13.1. The Morgan fingerprint density at radius 1 is 1.11 bits per heavy atom. The van der Waals surface area contributed by atoms with Crippen molar-refractivity contribution in [3.8, 4) is 11.5 Å². The Morgan fingerprint density at radius 3 is 2.45 bits per heavy atom. The van der Waals surface area contributed by atoms with E-state index in [2.05, 4.69) is 4.99 Å². The zero-order chi connectivity index (χ0) is 27.3. The lowest BCUT2D eigenvalue weighted by atomic mass is 10.2. The summed E-state index contributed by atoms with van der Waals surface area (Å²) in [5.74, 6) is 0.322. The highest BCUT2D eigenvalue weighted by Crippen LogP contribution is 2.35. The summed E-state index contributed by atoms with van der Waals surface area (Å²) in [4.78, 5) is 30.0. The number of benzene rings is 2. The fraction of sp³-hybridized carbons (Fsp3) is 0.423. The fourth-order valence-electron chi connectivity index (χ4n) is 3.95. The number of esters is 1. The van der Waals surface area contributed by atoms with Crippen LogP contribution >= 0.6 is 11.3 Å². The highest BCUT2D eigenvalue weighted by molar-refractivity contribution is 7.89. The molecule has 0 bridgehead atoms. The molecule has 1 aliphatic heterocycles. The van der Waals surface area contributed by atoms with Gasteiger partial charge < -0.3 is 18.8 Å². The van der Waals surface area contributed by atoms with Crippen LogP contribution in [0.1, 0.15) is 43.5 Å². The summed E-state index contributed by atoms with van der Waals surface area (Å²) >= 11 is 1.29. The number of rotatable bonds is 10. The van der Waals surface area contributed by atoms with E-state index in [9.17, 15) is 18.0 Å². The van der Waals surface area contributed by atoms with Gasteiger partial charge in [-0.3, -0.25) is 9.59 Å². The zero-order valence-corrected chi connectivity index (χ0v) is 23.3. The molecule has 0 fully saturated rings. The molecule has 0 aliphatic carbocycles. The van der Waals surface area contributed by atoms with Crippen LogP contribution in [0.3, 0.4) is 0 Å². The predicted molar refractivity (Wildman–Crippen MR) is 143 cm³/mol. The number of hydrogen-bond acceptors (Lipinski definition) is 8. The van der Waals surface area contributed by atoms with Gasteiger partial charge in [0.1, 0.15) is 13.2 Å². The second-order valence-corrected chi connectivity index (χ2v) is 11.7. The Hall–Kier alpha value is -3.22. The van der Waals surface area contributed by atoms with Gasteiger partial charge in [-0.05, 0) is 37.6 Å². The Kier molecular flexibility index (Phi) is 8.85. The van der Waals surface area contributed by atoms with Crippen molar-refractivity contribution in [1.82, 2.24) is 8.87 Å². The number of aryl methyl sites for hydroxylation is 1. The van der Waals surface area contributed by atoms with Gasteiger partial charge in [-0.2, -0.15) is 4.99 Å². The molecule has 0 saturated heterocycles. The average molecular weight is 562 g/mol. The number of amides is 1. The smallest absolute Gasteiger partial charge is 0.307 e. The number of ether oxygens (including phenoxy) is 3. The van der Waals surface area contributed by atoms with Crippen molar-refractivity contribution in [3.63, 3.8) is 0 Å². The van der Waals surface area contributed by atoms with Gasteiger partial charge in [-0.15, -0.1) is 0 Å². The lowest BCUT2D eigenvalue weighted by molar-refractivity contribution is -0.143. The second kappa shape index (κ2) is 12.1. The molecule has 1 aliphatic rings. The van der Waals surface area contributed by atoms with E-state index in [1.54, 1.807) is 18.5 Å². The number of nitrogens with zero attached hydrogens (tertiary/aromatic N) is 3. The molecule has 0 atom stereocenters. The molecule has 38 heavy (non-hydrogen) atoms. The Bertz CT molecular complexity index is 1490. The van der Waals surface area contributed by atoms with Crippen LogP contribution < -0.4 is 14.3 Å². The van der Waals surface area contributed by atoms with Crippen molar-refractivity contribution in [3.05, 3.63) is 46.8 Å². The SMILES string of the molecule is CCCCN(C)S(=O)(=O)c1ccc(C(=O)N=c2sc3cc4c(cc3n2CCC(=O)OCC)OCCO4)cc1. The third-order valence-corrected chi connectivity index (χ3v) is 8.94. The summed E-state index contributed by atoms with van der Waals surface area (Å²) in [6, 6.07) is 9.43. The van der Waals surface area contributed by atoms with Crippen LogP contribution in [-0.2, 0) is 26.1 Å². The van der Waals surface area contributed by atoms with Crippen LogP contribution in [0.15, 0.2) is 46.3 Å². The molecule has 0 spiro atoms. The molecule has 12 heteroatoms. The third-order valence-electron chi connectivity index (χ3n) is 6.02. The number of aromatic nitrogens is 1. The van der Waals surface area contributed by atoms with Gasteiger partial charge in [0.05, 0.1) is 28.1 Å². The molecule has 0 saturated carbocycles. The minimum absolute atomic E-state index is 0.105. The first-order valence-corrected chi connectivity index (χ1v) is 14.7. The summed E-state index contributed by atoms with van der Waals surface area (Å²) in [5, 5.41) is 0. The van der Waals surface area contributed by atoms with E-state index >= 15 is 0 Å². The molecule has 4 rings (SSSR count). The molecule has 1 amide bonds. The Morgan fingerprint density at radius 2 is 1.79 bits per heavy atom. The van der Waals surface area contributed by atoms with Gasteiger partial charge >= 0.3 is 5.97 Å². The van der Waals surface area contributed by atoms with Gasteiger partial charge in [0.15, 0.2) is 16.3 Å². The highest BCUT2D eigenvalue weighted by atomic mass is 32.2. The second-order valence-electron chi connectivity index (χ2n) is 8.68. The van der Waals surface area contributed by atoms with E-state index in [4.69, 9.17) is 14.2 Å². The molecular weight excluding hydrogens is 530 g/mol. The van der Waals surface area contributed by atoms with Crippen molar-refractivity contribution in [2.75, 3.05) is 33.4 Å². The van der Waals surface area contributed by atoms with Crippen LogP contribution in [-0.4, -0.2) is 62.6 Å². The van der Waals surface area contributed by atoms with Crippen molar-refractivity contribution in [2.45, 2.75) is 44.6 Å². The molecule has 2 heterocycles. The lowest BCUT2D eigenvalue weighted by Gasteiger charge is -2.18. The number of unbranched alkanes of at least 4 members (excludes halogenated alkanes) is 1. The van der Waals surface area contributed by atoms with Gasteiger partial charge in [0.25, 0.3) is 5.91 Å². The van der Waals surface area contributed by atoms with Gasteiger partial charge in [0, 0.05) is 37.8 Å². The maximum Gasteiger partial charge on any atom is 0.307 e. The van der Waals surface area contributed by atoms with Gasteiger partial charge in [-0.25, -0.2) is 12.7 Å². The number of thiazole rings is 1. The summed E-state index contributed by atoms with van der Waals surface area (Å²) in [6.45, 7) is 5.58. The summed E-state index contributed by atoms with van der Waals surface area (Å²) < 4.78 is 46.0. The molecule has 0 N–H and O–H groups in total. The molecular formula is C26H31N3O7S2. The number of hydrogen-bond donors (Lipinski definition) is 0. The van der Waals surface area contributed by atoms with Gasteiger partial charge in [0.2, 0.25) is 10.0 Å². The standard InChI is InChI=1S/C26H31N3O7S2/c1-4-6-12-28(3)38(32,33)19-9-7-18(8-10-19)25(31)27-26-29(13-11-24(30)34-5-2)20-16-21-22(17-23(20)37-26)36-15-14-35-21/h7-10,16-17H,4-6,11-15H2,1-3H3. The predicted octanol–water partition coefficient (Wildman–Crippen LogP) is 3.59. The van der Waals surface area contributed by atoms with Crippen LogP contribution in [0.4, 0.5) is 0 Å². The van der Waals surface area contributed by atoms with E-state index < -0.39 is 15.9 Å². The summed E-state index contributed by atoms with van der Waals surface area (Å²) in [6.07, 6.45) is 1.75. The van der Waals surface area contributed by atoms with Crippen LogP contribution in [0.25, 0.3) is 10.2 Å². The molecule has 0 unspecified atom stereocenters. The minimum atomic E-state index is -3.64. The largest absolute Gasteiger partial charge is 0.486 e. The van der Waals surface area contributed by atoms with Crippen molar-refractivity contribution < 1.29 is 32.2 Å². The van der Waals surface area contributed by atoms with Crippen LogP contribution in [0.2, 0.25) is 0 Å². The molecule has 1 aromatic heterocycles. The quantitative estimate of drug-likeness (QED) is 0.347. The van der Waals surface area contributed by atoms with Crippen molar-refractivity contribution in [1.29, 1.82) is 0 Å². The summed E-state index contributed by atoms with van der Waals surface area (Å²) in [7, 11) is -2.10. The van der Waals surface area contributed by atoms with Crippen molar-refractivity contribution in [2.24, 2.45) is 4.99 Å². The van der Waals surface area contributed by atoms with Crippen molar-refractivity contribution >= 4 is 43.5 Å². The van der Waals surface area contributed by atoms with Crippen LogP contribution in [0, 0.1) is 0 Å². The highest BCUT2D eigenvalue weighted by Gasteiger charge is 2.21. The monoisotopic (exact) mass is 561 g/mol. The maximum atomic E-state index is 13.1. The first-order valence-electron chi connectivity index (χ1n) is 12.5. The third kappa shape index (κ3) is 6.08. The molecule has 10 nitrogen and oxygen atoms in total. The topological polar surface area (TPSA) is 117 Å². The van der Waals surface area contributed by atoms with E-state index in [0.717, 1.165) is 23.1 Å². The lowest BCUT2D eigenvalue weighted by Crippen LogP contribution is -2.27. The normalized spacial score (nSPS) is 13.7. The summed E-state index contributed by atoms with van der Waals surface area (Å²) in [5.41, 5.74) is 1.01. The minimum Gasteiger partial charge on any atom is -0.486 e. The average Bonchev–Trinajstić information content (AvgIpc) is 3.24. The van der Waals surface area contributed by atoms with E-state index in [-0.39, 0.29) is 36.0 Å². The zero-order valence-electron chi connectivity index (χ0n) is 21.6. The molecule has 204 valence electrons. The van der Waals surface area contributed by atoms with E-state index in [0.29, 0.717) is 36.1 Å². The number of carbonyl (C=O) groups excluding carboxylic acids is 2. The van der Waals surface area contributed by atoms with Gasteiger partial charge in [-0.1, -0.05) is 24.7 Å². The van der Waals surface area contributed by atoms with Crippen LogP contribution in [0.5, 0.6) is 11.5 Å². The number of fused-ring (bicyclic) bond motifs is 2. The van der Waals surface area contributed by atoms with E-state index in [1.807, 2.05) is 19.1 Å². The van der Waals surface area contributed by atoms with E-state index in [1.165, 1.54) is 39.9 Å². The molecule has 3 aromatic rings. The Balaban J connectivity index is 1.67. The first-order chi connectivity index (χ1) is 18.2. The molecule has 2 aromatic carbocycles. The molecule has 0 radical (unpaired) electrons. The fourth-order valence-corrected chi connectivity index (χ4v) is 6.22. The number of sulfonamides is 1.